The van der Waals surface area contributed by atoms with Crippen LogP contribution in [0.15, 0.2) is 21.3 Å². The maximum atomic E-state index is 12.4. The number of aryl methyl sites for hydroxylation is 1. The molecule has 0 aliphatic carbocycles. The molecule has 0 bridgehead atoms. The Morgan fingerprint density at radius 1 is 1.27 bits per heavy atom. The summed E-state index contributed by atoms with van der Waals surface area (Å²) in [6, 6.07) is 3.46. The number of hydrogen-bond acceptors (Lipinski definition) is 7. The number of rotatable bonds is 8. The van der Waals surface area contributed by atoms with Crippen molar-refractivity contribution in [3.8, 4) is 11.5 Å². The van der Waals surface area contributed by atoms with Crippen molar-refractivity contribution in [1.29, 1.82) is 0 Å². The summed E-state index contributed by atoms with van der Waals surface area (Å²) in [7, 11) is 4.41. The van der Waals surface area contributed by atoms with E-state index in [1.165, 1.54) is 21.3 Å². The van der Waals surface area contributed by atoms with Crippen LogP contribution in [0.1, 0.15) is 11.1 Å². The van der Waals surface area contributed by atoms with Crippen molar-refractivity contribution in [2.24, 2.45) is 0 Å². The molecule has 0 saturated heterocycles. The number of carbonyl (C=O) groups excluding carboxylic acids is 1. The van der Waals surface area contributed by atoms with Gasteiger partial charge in [0.1, 0.15) is 0 Å². The van der Waals surface area contributed by atoms with Crippen LogP contribution >= 0.6 is 0 Å². The molecule has 0 aliphatic heterocycles. The Labute approximate surface area is 150 Å². The third kappa shape index (κ3) is 4.14. The number of amides is 1. The zero-order valence-corrected chi connectivity index (χ0v) is 15.3. The second-order valence-electron chi connectivity index (χ2n) is 5.76. The van der Waals surface area contributed by atoms with E-state index in [2.05, 4.69) is 5.32 Å². The zero-order chi connectivity index (χ0) is 19.3. The maximum Gasteiger partial charge on any atom is 0.340 e. The molecule has 1 amide bonds. The average Bonchev–Trinajstić information content (AvgIpc) is 2.62. The van der Waals surface area contributed by atoms with E-state index in [0.717, 1.165) is 0 Å². The van der Waals surface area contributed by atoms with Gasteiger partial charge in [-0.2, -0.15) is 0 Å². The van der Waals surface area contributed by atoms with E-state index in [9.17, 15) is 14.7 Å². The van der Waals surface area contributed by atoms with E-state index in [-0.39, 0.29) is 30.7 Å². The third-order valence-corrected chi connectivity index (χ3v) is 4.03. The fourth-order valence-electron chi connectivity index (χ4n) is 2.68. The van der Waals surface area contributed by atoms with Gasteiger partial charge in [-0.05, 0) is 24.6 Å². The third-order valence-electron chi connectivity index (χ3n) is 4.03. The first kappa shape index (κ1) is 19.7. The monoisotopic (exact) mass is 365 g/mol. The van der Waals surface area contributed by atoms with Crippen LogP contribution in [0.3, 0.4) is 0 Å². The predicted octanol–water partition coefficient (Wildman–Crippen LogP) is 0.785. The zero-order valence-electron chi connectivity index (χ0n) is 15.3. The van der Waals surface area contributed by atoms with Crippen LogP contribution in [-0.4, -0.2) is 51.6 Å². The van der Waals surface area contributed by atoms with Crippen molar-refractivity contribution in [3.63, 3.8) is 0 Å². The molecule has 1 aromatic carbocycles. The lowest BCUT2D eigenvalue weighted by Crippen LogP contribution is -2.36. The summed E-state index contributed by atoms with van der Waals surface area (Å²) in [5.41, 5.74) is 0.538. The topological polar surface area (TPSA) is 107 Å². The number of nitrogens with one attached hydrogen (secondary N) is 1. The predicted molar refractivity (Wildman–Crippen MR) is 94.9 cm³/mol. The number of hydrogen-bond donors (Lipinski definition) is 2. The van der Waals surface area contributed by atoms with Gasteiger partial charge in [0, 0.05) is 19.0 Å². The van der Waals surface area contributed by atoms with Gasteiger partial charge in [-0.1, -0.05) is 0 Å². The van der Waals surface area contributed by atoms with E-state index in [1.807, 2.05) is 0 Å². The summed E-state index contributed by atoms with van der Waals surface area (Å²) in [5.74, 6) is 0.374. The molecule has 26 heavy (non-hydrogen) atoms. The Kier molecular flexibility index (Phi) is 6.59. The van der Waals surface area contributed by atoms with Crippen molar-refractivity contribution < 1.29 is 28.5 Å². The number of aliphatic hydroxyl groups is 1. The van der Waals surface area contributed by atoms with Crippen molar-refractivity contribution in [2.45, 2.75) is 19.4 Å². The number of benzene rings is 1. The Hall–Kier alpha value is -2.58. The Morgan fingerprint density at radius 2 is 2.00 bits per heavy atom. The SMILES string of the molecule is COC[C@H](O)CNC(=O)Cc1c(C)c2ccc(OC)c(OC)c2oc1=O. The van der Waals surface area contributed by atoms with Gasteiger partial charge in [0.2, 0.25) is 11.7 Å². The molecule has 0 aliphatic rings. The maximum absolute atomic E-state index is 12.4. The van der Waals surface area contributed by atoms with E-state index >= 15 is 0 Å². The molecule has 0 spiro atoms. The molecule has 2 N–H and O–H groups in total. The molecule has 0 fully saturated rings. The lowest BCUT2D eigenvalue weighted by Gasteiger charge is -2.13. The highest BCUT2D eigenvalue weighted by Crippen LogP contribution is 2.36. The molecule has 0 saturated carbocycles. The molecule has 0 unspecified atom stereocenters. The molecule has 1 aromatic heterocycles. The lowest BCUT2D eigenvalue weighted by molar-refractivity contribution is -0.121. The fourth-order valence-corrected chi connectivity index (χ4v) is 2.68. The number of aliphatic hydroxyl groups excluding tert-OH is 1. The second kappa shape index (κ2) is 8.68. The summed E-state index contributed by atoms with van der Waals surface area (Å²) >= 11 is 0. The Balaban J connectivity index is 2.32. The minimum absolute atomic E-state index is 0.0374. The highest BCUT2D eigenvalue weighted by molar-refractivity contribution is 5.89. The van der Waals surface area contributed by atoms with E-state index in [4.69, 9.17) is 18.6 Å². The molecule has 1 atom stereocenters. The smallest absolute Gasteiger partial charge is 0.340 e. The molecule has 142 valence electrons. The van der Waals surface area contributed by atoms with Crippen molar-refractivity contribution in [1.82, 2.24) is 5.32 Å². The molecule has 8 heteroatoms. The van der Waals surface area contributed by atoms with Crippen LogP contribution in [0, 0.1) is 6.92 Å². The van der Waals surface area contributed by atoms with Crippen LogP contribution in [0.2, 0.25) is 0 Å². The van der Waals surface area contributed by atoms with Gasteiger partial charge in [0.25, 0.3) is 0 Å². The Morgan fingerprint density at radius 3 is 2.62 bits per heavy atom. The largest absolute Gasteiger partial charge is 0.493 e. The first-order chi connectivity index (χ1) is 12.4. The molecular weight excluding hydrogens is 342 g/mol. The van der Waals surface area contributed by atoms with Crippen molar-refractivity contribution >= 4 is 16.9 Å². The quantitative estimate of drug-likeness (QED) is 0.666. The van der Waals surface area contributed by atoms with Gasteiger partial charge in [0.15, 0.2) is 11.3 Å². The Bertz CT molecular complexity index is 844. The summed E-state index contributed by atoms with van der Waals surface area (Å²) in [6.07, 6.45) is -0.965. The lowest BCUT2D eigenvalue weighted by atomic mass is 10.0. The average molecular weight is 365 g/mol. The summed E-state index contributed by atoms with van der Waals surface area (Å²) in [5, 5.41) is 12.8. The van der Waals surface area contributed by atoms with Crippen molar-refractivity contribution in [3.05, 3.63) is 33.7 Å². The van der Waals surface area contributed by atoms with Crippen LogP contribution < -0.4 is 20.4 Å². The molecule has 0 radical (unpaired) electrons. The molecule has 8 nitrogen and oxygen atoms in total. The van der Waals surface area contributed by atoms with Gasteiger partial charge < -0.3 is 29.1 Å². The molecule has 1 heterocycles. The van der Waals surface area contributed by atoms with Gasteiger partial charge in [-0.15, -0.1) is 0 Å². The van der Waals surface area contributed by atoms with Crippen molar-refractivity contribution in [2.75, 3.05) is 34.5 Å². The minimum Gasteiger partial charge on any atom is -0.493 e. The molecule has 2 rings (SSSR count). The fraction of sp³-hybridized carbons (Fsp3) is 0.444. The summed E-state index contributed by atoms with van der Waals surface area (Å²) in [6.45, 7) is 1.89. The minimum atomic E-state index is -0.810. The van der Waals surface area contributed by atoms with Gasteiger partial charge in [0.05, 0.1) is 38.9 Å². The van der Waals surface area contributed by atoms with Gasteiger partial charge in [-0.3, -0.25) is 4.79 Å². The molecule has 2 aromatic rings. The van der Waals surface area contributed by atoms with E-state index < -0.39 is 17.6 Å². The van der Waals surface area contributed by atoms with Crippen LogP contribution in [0.5, 0.6) is 11.5 Å². The van der Waals surface area contributed by atoms with E-state index in [1.54, 1.807) is 19.1 Å². The first-order valence-corrected chi connectivity index (χ1v) is 8.03. The number of fused-ring (bicyclic) bond motifs is 1. The standard InChI is InChI=1S/C18H23NO7/c1-10-12-5-6-14(24-3)17(25-4)16(12)26-18(22)13(10)7-15(21)19-8-11(20)9-23-2/h5-6,11,20H,7-9H2,1-4H3,(H,19,21)/t11-/m1/s1. The number of methoxy groups -OCH3 is 3. The highest BCUT2D eigenvalue weighted by atomic mass is 16.5. The highest BCUT2D eigenvalue weighted by Gasteiger charge is 2.19. The van der Waals surface area contributed by atoms with Gasteiger partial charge in [-0.25, -0.2) is 4.79 Å². The van der Waals surface area contributed by atoms with Crippen LogP contribution in [-0.2, 0) is 16.0 Å². The number of carbonyl (C=O) groups is 1. The second-order valence-corrected chi connectivity index (χ2v) is 5.76. The van der Waals surface area contributed by atoms with Crippen LogP contribution in [0.25, 0.3) is 11.0 Å². The molecular formula is C18H23NO7. The van der Waals surface area contributed by atoms with E-state index in [0.29, 0.717) is 22.4 Å². The number of ether oxygens (including phenoxy) is 3. The summed E-state index contributed by atoms with van der Waals surface area (Å²) in [4.78, 5) is 24.5. The normalized spacial score (nSPS) is 12.0. The van der Waals surface area contributed by atoms with Crippen LogP contribution in [0.4, 0.5) is 0 Å². The first-order valence-electron chi connectivity index (χ1n) is 8.03. The summed E-state index contributed by atoms with van der Waals surface area (Å²) < 4.78 is 20.7. The van der Waals surface area contributed by atoms with Gasteiger partial charge >= 0.3 is 5.63 Å².